The Bertz CT molecular complexity index is 1100. The van der Waals surface area contributed by atoms with Crippen molar-refractivity contribution in [1.29, 1.82) is 0 Å². The fourth-order valence-corrected chi connectivity index (χ4v) is 2.82. The maximum atomic E-state index is 12.6. The molecule has 3 rings (SSSR count). The molecule has 0 aliphatic carbocycles. The molecule has 0 saturated heterocycles. The number of alkyl halides is 3. The van der Waals surface area contributed by atoms with Gasteiger partial charge in [-0.15, -0.1) is 0 Å². The summed E-state index contributed by atoms with van der Waals surface area (Å²) in [7, 11) is 0. The molecule has 2 heterocycles. The van der Waals surface area contributed by atoms with Crippen LogP contribution >= 0.6 is 0 Å². The number of aromatic amines is 1. The van der Waals surface area contributed by atoms with Crippen molar-refractivity contribution < 1.29 is 27.1 Å². The maximum Gasteiger partial charge on any atom is 0.416 e. The van der Waals surface area contributed by atoms with E-state index in [1.807, 2.05) is 6.92 Å². The van der Waals surface area contributed by atoms with E-state index in [0.29, 0.717) is 34.6 Å². The highest BCUT2D eigenvalue weighted by molar-refractivity contribution is 5.70. The van der Waals surface area contributed by atoms with E-state index in [-0.39, 0.29) is 18.1 Å². The molecular formula is C21H19F3N2O4. The summed E-state index contributed by atoms with van der Waals surface area (Å²) in [5.74, 6) is 0.363. The van der Waals surface area contributed by atoms with Gasteiger partial charge >= 0.3 is 12.3 Å². The second kappa shape index (κ2) is 8.48. The highest BCUT2D eigenvalue weighted by Crippen LogP contribution is 2.29. The number of rotatable bonds is 5. The Morgan fingerprint density at radius 3 is 2.50 bits per heavy atom. The average Bonchev–Trinajstić information content (AvgIpc) is 3.14. The van der Waals surface area contributed by atoms with Crippen molar-refractivity contribution in [2.75, 3.05) is 0 Å². The summed E-state index contributed by atoms with van der Waals surface area (Å²) in [6.07, 6.45) is -4.67. The minimum atomic E-state index is -4.41. The van der Waals surface area contributed by atoms with Crippen LogP contribution in [0.25, 0.3) is 11.3 Å². The molecule has 0 spiro atoms. The zero-order chi connectivity index (χ0) is 21.9. The van der Waals surface area contributed by atoms with Crippen LogP contribution in [0.3, 0.4) is 0 Å². The number of aryl methyl sites for hydroxylation is 2. The van der Waals surface area contributed by atoms with E-state index >= 15 is 0 Å². The number of hydrogen-bond acceptors (Lipinski definition) is 4. The fourth-order valence-electron chi connectivity index (χ4n) is 2.82. The lowest BCUT2D eigenvalue weighted by atomic mass is 10.1. The third-order valence-corrected chi connectivity index (χ3v) is 4.45. The number of pyridine rings is 1. The van der Waals surface area contributed by atoms with Gasteiger partial charge in [-0.2, -0.15) is 13.2 Å². The summed E-state index contributed by atoms with van der Waals surface area (Å²) >= 11 is 0. The number of hydrogen-bond donors (Lipinski definition) is 2. The zero-order valence-corrected chi connectivity index (χ0v) is 16.2. The standard InChI is InChI=1S/C21H19F3N2O4/c1-3-14-10-16(12(2)26-19(14)27)17-8-9-18(29-17)30-20(28)25-11-13-4-6-15(7-5-13)21(22,23)24/h4-10H,3,11H2,1-2H3,(H,25,28)(H,26,27). The number of H-pyrrole nitrogens is 1. The lowest BCUT2D eigenvalue weighted by Crippen LogP contribution is -2.26. The number of benzene rings is 1. The van der Waals surface area contributed by atoms with Gasteiger partial charge < -0.3 is 19.5 Å². The van der Waals surface area contributed by atoms with Crippen molar-refractivity contribution in [2.24, 2.45) is 0 Å². The Morgan fingerprint density at radius 2 is 1.87 bits per heavy atom. The second-order valence-corrected chi connectivity index (χ2v) is 6.57. The predicted octanol–water partition coefficient (Wildman–Crippen LogP) is 4.81. The molecule has 2 N–H and O–H groups in total. The Morgan fingerprint density at radius 1 is 1.17 bits per heavy atom. The van der Waals surface area contributed by atoms with Crippen LogP contribution in [0.2, 0.25) is 0 Å². The number of carbonyl (C=O) groups excluding carboxylic acids is 1. The first-order valence-corrected chi connectivity index (χ1v) is 9.12. The molecule has 0 aliphatic rings. The van der Waals surface area contributed by atoms with Crippen LogP contribution in [-0.4, -0.2) is 11.1 Å². The molecule has 0 saturated carbocycles. The fraction of sp³-hybridized carbons (Fsp3) is 0.238. The minimum absolute atomic E-state index is 0.0105. The van der Waals surface area contributed by atoms with E-state index in [1.54, 1.807) is 19.1 Å². The Balaban J connectivity index is 1.62. The number of carbonyl (C=O) groups is 1. The number of furan rings is 1. The molecular weight excluding hydrogens is 401 g/mol. The summed E-state index contributed by atoms with van der Waals surface area (Å²) in [4.78, 5) is 26.5. The van der Waals surface area contributed by atoms with Crippen molar-refractivity contribution >= 4 is 6.09 Å². The van der Waals surface area contributed by atoms with Crippen molar-refractivity contribution in [3.63, 3.8) is 0 Å². The molecule has 0 aliphatic heterocycles. The summed E-state index contributed by atoms with van der Waals surface area (Å²) in [5, 5.41) is 2.44. The van der Waals surface area contributed by atoms with Crippen molar-refractivity contribution in [3.8, 4) is 17.3 Å². The van der Waals surface area contributed by atoms with Crippen LogP contribution in [0.5, 0.6) is 5.95 Å². The summed E-state index contributed by atoms with van der Waals surface area (Å²) in [6.45, 7) is 3.58. The molecule has 3 aromatic rings. The number of halogens is 3. The second-order valence-electron chi connectivity index (χ2n) is 6.57. The number of amides is 1. The van der Waals surface area contributed by atoms with E-state index in [0.717, 1.165) is 12.1 Å². The quantitative estimate of drug-likeness (QED) is 0.620. The van der Waals surface area contributed by atoms with Gasteiger partial charge in [0.25, 0.3) is 11.5 Å². The SMILES string of the molecule is CCc1cc(-c2ccc(OC(=O)NCc3ccc(C(F)(F)F)cc3)o2)c(C)[nH]c1=O. The zero-order valence-electron chi connectivity index (χ0n) is 16.2. The summed E-state index contributed by atoms with van der Waals surface area (Å²) in [6, 6.07) is 9.23. The molecule has 1 amide bonds. The monoisotopic (exact) mass is 420 g/mol. The molecule has 0 bridgehead atoms. The maximum absolute atomic E-state index is 12.6. The topological polar surface area (TPSA) is 84.3 Å². The lowest BCUT2D eigenvalue weighted by Gasteiger charge is -2.08. The van der Waals surface area contributed by atoms with Crippen LogP contribution in [0.15, 0.2) is 51.7 Å². The minimum Gasteiger partial charge on any atom is -0.425 e. The van der Waals surface area contributed by atoms with Crippen molar-refractivity contribution in [3.05, 3.63) is 75.2 Å². The van der Waals surface area contributed by atoms with E-state index in [1.165, 1.54) is 18.2 Å². The average molecular weight is 420 g/mol. The van der Waals surface area contributed by atoms with E-state index in [2.05, 4.69) is 10.3 Å². The molecule has 30 heavy (non-hydrogen) atoms. The smallest absolute Gasteiger partial charge is 0.416 e. The molecule has 6 nitrogen and oxygen atoms in total. The first kappa shape index (κ1) is 21.2. The Hall–Kier alpha value is -3.49. The molecule has 0 atom stereocenters. The van der Waals surface area contributed by atoms with Crippen molar-refractivity contribution in [1.82, 2.24) is 10.3 Å². The molecule has 9 heteroatoms. The number of nitrogens with one attached hydrogen (secondary N) is 2. The van der Waals surface area contributed by atoms with Gasteiger partial charge in [-0.1, -0.05) is 19.1 Å². The largest absolute Gasteiger partial charge is 0.425 e. The number of aromatic nitrogens is 1. The van der Waals surface area contributed by atoms with Gasteiger partial charge in [-0.3, -0.25) is 4.79 Å². The molecule has 0 radical (unpaired) electrons. The Kier molecular flexibility index (Phi) is 6.00. The van der Waals surface area contributed by atoms with Crippen LogP contribution < -0.4 is 15.6 Å². The van der Waals surface area contributed by atoms with Gasteiger partial charge in [0.15, 0.2) is 0 Å². The van der Waals surface area contributed by atoms with E-state index < -0.39 is 17.8 Å². The highest BCUT2D eigenvalue weighted by atomic mass is 19.4. The normalized spacial score (nSPS) is 11.4. The van der Waals surface area contributed by atoms with Crippen LogP contribution in [0.1, 0.15) is 29.3 Å². The van der Waals surface area contributed by atoms with Gasteiger partial charge in [0.2, 0.25) is 0 Å². The van der Waals surface area contributed by atoms with Gasteiger partial charge in [0.1, 0.15) is 5.76 Å². The molecule has 158 valence electrons. The van der Waals surface area contributed by atoms with Gasteiger partial charge in [-0.05, 0) is 43.2 Å². The Labute approximate surface area is 169 Å². The highest BCUT2D eigenvalue weighted by Gasteiger charge is 2.29. The molecule has 0 fully saturated rings. The molecule has 2 aromatic heterocycles. The van der Waals surface area contributed by atoms with Gasteiger partial charge in [-0.25, -0.2) is 4.79 Å². The predicted molar refractivity (Wildman–Crippen MR) is 103 cm³/mol. The van der Waals surface area contributed by atoms with Crippen LogP contribution in [-0.2, 0) is 19.1 Å². The van der Waals surface area contributed by atoms with Gasteiger partial charge in [0.05, 0.1) is 5.56 Å². The van der Waals surface area contributed by atoms with E-state index in [9.17, 15) is 22.8 Å². The van der Waals surface area contributed by atoms with Crippen molar-refractivity contribution in [2.45, 2.75) is 33.0 Å². The third-order valence-electron chi connectivity index (χ3n) is 4.45. The first-order valence-electron chi connectivity index (χ1n) is 9.12. The number of ether oxygens (including phenoxy) is 1. The molecule has 0 unspecified atom stereocenters. The van der Waals surface area contributed by atoms with Gasteiger partial charge in [0, 0.05) is 29.4 Å². The molecule has 1 aromatic carbocycles. The first-order chi connectivity index (χ1) is 14.2. The third kappa shape index (κ3) is 4.91. The van der Waals surface area contributed by atoms with Crippen LogP contribution in [0, 0.1) is 6.92 Å². The lowest BCUT2D eigenvalue weighted by molar-refractivity contribution is -0.137. The summed E-state index contributed by atoms with van der Waals surface area (Å²) in [5.41, 5.74) is 1.45. The summed E-state index contributed by atoms with van der Waals surface area (Å²) < 4.78 is 48.3. The van der Waals surface area contributed by atoms with E-state index in [4.69, 9.17) is 9.15 Å². The van der Waals surface area contributed by atoms with Crippen LogP contribution in [0.4, 0.5) is 18.0 Å².